The number of hydrogen-bond donors (Lipinski definition) is 1. The van der Waals surface area contributed by atoms with E-state index in [0.717, 1.165) is 10.4 Å². The number of thiophene rings is 1. The molecule has 1 amide bonds. The Labute approximate surface area is 162 Å². The molecule has 2 unspecified atom stereocenters. The molecule has 7 heteroatoms. The van der Waals surface area contributed by atoms with E-state index in [1.165, 1.54) is 18.4 Å². The molecule has 0 spiro atoms. The first kappa shape index (κ1) is 19.0. The van der Waals surface area contributed by atoms with Gasteiger partial charge in [0.1, 0.15) is 6.17 Å². The summed E-state index contributed by atoms with van der Waals surface area (Å²) in [7, 11) is 1.34. The topological polar surface area (TPSA) is 67.9 Å². The molecule has 2 aromatic rings. The van der Waals surface area contributed by atoms with Gasteiger partial charge >= 0.3 is 12.1 Å². The molecule has 1 aromatic heterocycles. The van der Waals surface area contributed by atoms with Crippen molar-refractivity contribution in [2.75, 3.05) is 13.7 Å². The predicted molar refractivity (Wildman–Crippen MR) is 103 cm³/mol. The molecular weight excluding hydrogens is 364 g/mol. The third-order valence-corrected chi connectivity index (χ3v) is 5.32. The van der Waals surface area contributed by atoms with Crippen LogP contribution in [0.4, 0.5) is 4.79 Å². The van der Waals surface area contributed by atoms with E-state index in [0.29, 0.717) is 11.3 Å². The number of nitrogens with zero attached hydrogens (tertiary/aromatic N) is 1. The van der Waals surface area contributed by atoms with Crippen molar-refractivity contribution in [3.8, 4) is 0 Å². The number of carbonyl (C=O) groups is 2. The SMILES string of the molecule is CCOC(=O)N1C(c2cccs2)NC(C)=C(C(=O)OC)C1c1ccccc1. The molecular formula is C20H22N2O4S. The molecule has 1 N–H and O–H groups in total. The summed E-state index contributed by atoms with van der Waals surface area (Å²) in [6.45, 7) is 3.82. The van der Waals surface area contributed by atoms with Gasteiger partial charge in [-0.15, -0.1) is 11.3 Å². The lowest BCUT2D eigenvalue weighted by atomic mass is 9.92. The lowest BCUT2D eigenvalue weighted by Crippen LogP contribution is -2.49. The Balaban J connectivity index is 2.19. The van der Waals surface area contributed by atoms with Crippen LogP contribution in [0, 0.1) is 0 Å². The molecule has 1 aliphatic rings. The van der Waals surface area contributed by atoms with Crippen LogP contribution in [0.15, 0.2) is 59.1 Å². The first-order chi connectivity index (χ1) is 13.1. The molecule has 6 nitrogen and oxygen atoms in total. The summed E-state index contributed by atoms with van der Waals surface area (Å²) >= 11 is 1.53. The number of esters is 1. The highest BCUT2D eigenvalue weighted by Gasteiger charge is 2.43. The first-order valence-corrected chi connectivity index (χ1v) is 9.55. The maximum atomic E-state index is 12.9. The fourth-order valence-electron chi connectivity index (χ4n) is 3.25. The number of carbonyl (C=O) groups excluding carboxylic acids is 2. The highest BCUT2D eigenvalue weighted by atomic mass is 32.1. The van der Waals surface area contributed by atoms with Crippen LogP contribution < -0.4 is 5.32 Å². The van der Waals surface area contributed by atoms with Crippen molar-refractivity contribution < 1.29 is 19.1 Å². The van der Waals surface area contributed by atoms with Gasteiger partial charge in [0.2, 0.25) is 0 Å². The first-order valence-electron chi connectivity index (χ1n) is 8.67. The normalized spacial score (nSPS) is 19.4. The zero-order chi connectivity index (χ0) is 19.4. The Kier molecular flexibility index (Phi) is 5.81. The fraction of sp³-hybridized carbons (Fsp3) is 0.300. The molecule has 0 radical (unpaired) electrons. The summed E-state index contributed by atoms with van der Waals surface area (Å²) in [5.74, 6) is -0.479. The van der Waals surface area contributed by atoms with Crippen LogP contribution in [0.2, 0.25) is 0 Å². The van der Waals surface area contributed by atoms with E-state index in [4.69, 9.17) is 9.47 Å². The van der Waals surface area contributed by atoms with E-state index in [2.05, 4.69) is 5.32 Å². The van der Waals surface area contributed by atoms with Crippen molar-refractivity contribution >= 4 is 23.4 Å². The monoisotopic (exact) mass is 386 g/mol. The maximum Gasteiger partial charge on any atom is 0.412 e. The Bertz CT molecular complexity index is 833. The third-order valence-electron chi connectivity index (χ3n) is 4.40. The summed E-state index contributed by atoms with van der Waals surface area (Å²) in [4.78, 5) is 28.1. The van der Waals surface area contributed by atoms with Gasteiger partial charge in [-0.1, -0.05) is 36.4 Å². The standard InChI is InChI=1S/C20H22N2O4S/c1-4-26-20(24)22-17(14-9-6-5-7-10-14)16(19(23)25-3)13(2)21-18(22)15-11-8-12-27-15/h5-12,17-18,21H,4H2,1-3H3. The minimum Gasteiger partial charge on any atom is -0.466 e. The number of allylic oxidation sites excluding steroid dienone is 1. The summed E-state index contributed by atoms with van der Waals surface area (Å²) in [5.41, 5.74) is 1.88. The van der Waals surface area contributed by atoms with Crippen molar-refractivity contribution in [1.82, 2.24) is 10.2 Å². The molecule has 1 aromatic carbocycles. The Morgan fingerprint density at radius 1 is 1.19 bits per heavy atom. The van der Waals surface area contributed by atoms with Gasteiger partial charge in [-0.3, -0.25) is 4.90 Å². The number of benzene rings is 1. The van der Waals surface area contributed by atoms with Crippen molar-refractivity contribution in [1.29, 1.82) is 0 Å². The second-order valence-corrected chi connectivity index (χ2v) is 6.99. The van der Waals surface area contributed by atoms with E-state index < -0.39 is 24.3 Å². The highest BCUT2D eigenvalue weighted by molar-refractivity contribution is 7.10. The average Bonchev–Trinajstić information content (AvgIpc) is 3.22. The second kappa shape index (κ2) is 8.26. The zero-order valence-corrected chi connectivity index (χ0v) is 16.3. The summed E-state index contributed by atoms with van der Waals surface area (Å²) in [6.07, 6.45) is -0.936. The van der Waals surface area contributed by atoms with Crippen LogP contribution in [0.5, 0.6) is 0 Å². The molecule has 0 bridgehead atoms. The molecule has 27 heavy (non-hydrogen) atoms. The van der Waals surface area contributed by atoms with Gasteiger partial charge < -0.3 is 14.8 Å². The summed E-state index contributed by atoms with van der Waals surface area (Å²) < 4.78 is 10.3. The van der Waals surface area contributed by atoms with Crippen molar-refractivity contribution in [3.63, 3.8) is 0 Å². The number of amides is 1. The van der Waals surface area contributed by atoms with Crippen molar-refractivity contribution in [3.05, 3.63) is 69.6 Å². The van der Waals surface area contributed by atoms with E-state index >= 15 is 0 Å². The molecule has 0 saturated carbocycles. The van der Waals surface area contributed by atoms with Crippen LogP contribution in [-0.4, -0.2) is 30.7 Å². The highest BCUT2D eigenvalue weighted by Crippen LogP contribution is 2.41. The predicted octanol–water partition coefficient (Wildman–Crippen LogP) is 4.00. The van der Waals surface area contributed by atoms with E-state index in [1.54, 1.807) is 11.8 Å². The number of nitrogens with one attached hydrogen (secondary N) is 1. The number of rotatable bonds is 4. The number of ether oxygens (including phenoxy) is 2. The van der Waals surface area contributed by atoms with Crippen LogP contribution in [-0.2, 0) is 14.3 Å². The van der Waals surface area contributed by atoms with Gasteiger partial charge in [0.15, 0.2) is 0 Å². The van der Waals surface area contributed by atoms with Crippen LogP contribution in [0.1, 0.15) is 36.5 Å². The molecule has 0 fully saturated rings. The minimum absolute atomic E-state index is 0.240. The quantitative estimate of drug-likeness (QED) is 0.805. The second-order valence-electron chi connectivity index (χ2n) is 6.01. The van der Waals surface area contributed by atoms with Gasteiger partial charge in [0.05, 0.1) is 25.3 Å². The Hall–Kier alpha value is -2.80. The minimum atomic E-state index is -0.619. The van der Waals surface area contributed by atoms with Gasteiger partial charge in [-0.2, -0.15) is 0 Å². The lowest BCUT2D eigenvalue weighted by molar-refractivity contribution is -0.137. The largest absolute Gasteiger partial charge is 0.466 e. The maximum absolute atomic E-state index is 12.9. The molecule has 0 saturated heterocycles. The van der Waals surface area contributed by atoms with Crippen molar-refractivity contribution in [2.24, 2.45) is 0 Å². The average molecular weight is 386 g/mol. The number of hydrogen-bond acceptors (Lipinski definition) is 6. The van der Waals surface area contributed by atoms with E-state index in [-0.39, 0.29) is 6.61 Å². The molecule has 2 atom stereocenters. The van der Waals surface area contributed by atoms with E-state index in [9.17, 15) is 9.59 Å². The smallest absolute Gasteiger partial charge is 0.412 e. The third kappa shape index (κ3) is 3.68. The molecule has 3 rings (SSSR count). The Morgan fingerprint density at radius 2 is 1.93 bits per heavy atom. The van der Waals surface area contributed by atoms with Crippen LogP contribution in [0.25, 0.3) is 0 Å². The zero-order valence-electron chi connectivity index (χ0n) is 15.5. The lowest BCUT2D eigenvalue weighted by Gasteiger charge is -2.42. The van der Waals surface area contributed by atoms with Gasteiger partial charge in [-0.25, -0.2) is 9.59 Å². The Morgan fingerprint density at radius 3 is 2.52 bits per heavy atom. The fourth-order valence-corrected chi connectivity index (χ4v) is 4.02. The van der Waals surface area contributed by atoms with Crippen LogP contribution >= 0.6 is 11.3 Å². The number of methoxy groups -OCH3 is 1. The van der Waals surface area contributed by atoms with Crippen molar-refractivity contribution in [2.45, 2.75) is 26.1 Å². The summed E-state index contributed by atoms with van der Waals surface area (Å²) in [5, 5.41) is 5.24. The van der Waals surface area contributed by atoms with Gasteiger partial charge in [0, 0.05) is 10.6 Å². The molecule has 2 heterocycles. The summed E-state index contributed by atoms with van der Waals surface area (Å²) in [6, 6.07) is 12.7. The van der Waals surface area contributed by atoms with E-state index in [1.807, 2.05) is 54.8 Å². The molecule has 1 aliphatic heterocycles. The molecule has 142 valence electrons. The molecule has 0 aliphatic carbocycles. The van der Waals surface area contributed by atoms with Crippen LogP contribution in [0.3, 0.4) is 0 Å². The van der Waals surface area contributed by atoms with Gasteiger partial charge in [0.25, 0.3) is 0 Å². The van der Waals surface area contributed by atoms with Gasteiger partial charge in [-0.05, 0) is 30.9 Å².